The zero-order chi connectivity index (χ0) is 20.0. The van der Waals surface area contributed by atoms with E-state index in [4.69, 9.17) is 19.2 Å². The van der Waals surface area contributed by atoms with Gasteiger partial charge >= 0.3 is 0 Å². The van der Waals surface area contributed by atoms with Crippen LogP contribution in [0.1, 0.15) is 20.3 Å². The molecule has 1 aromatic rings. The van der Waals surface area contributed by atoms with E-state index in [0.717, 1.165) is 69.8 Å². The summed E-state index contributed by atoms with van der Waals surface area (Å²) in [6.45, 7) is 12.0. The van der Waals surface area contributed by atoms with Crippen molar-refractivity contribution >= 4 is 35.6 Å². The number of methoxy groups -OCH3 is 1. The van der Waals surface area contributed by atoms with Crippen molar-refractivity contribution in [3.63, 3.8) is 0 Å². The number of ether oxygens (including phenoxy) is 3. The highest BCUT2D eigenvalue weighted by Crippen LogP contribution is 2.17. The first-order chi connectivity index (χ1) is 13.7. The maximum absolute atomic E-state index is 5.78. The van der Waals surface area contributed by atoms with Crippen molar-refractivity contribution < 1.29 is 14.2 Å². The minimum absolute atomic E-state index is 0. The van der Waals surface area contributed by atoms with Gasteiger partial charge in [-0.1, -0.05) is 13.0 Å². The molecule has 1 aromatic carbocycles. The summed E-state index contributed by atoms with van der Waals surface area (Å²) in [5.41, 5.74) is 0.963. The van der Waals surface area contributed by atoms with Crippen LogP contribution in [-0.2, 0) is 9.47 Å². The summed E-state index contributed by atoms with van der Waals surface area (Å²) >= 11 is 0. The van der Waals surface area contributed by atoms with Crippen LogP contribution in [0.15, 0.2) is 29.3 Å². The summed E-state index contributed by atoms with van der Waals surface area (Å²) < 4.78 is 16.2. The first kappa shape index (κ1) is 25.9. The zero-order valence-corrected chi connectivity index (χ0v) is 20.3. The highest BCUT2D eigenvalue weighted by Gasteiger charge is 2.13. The van der Waals surface area contributed by atoms with Crippen molar-refractivity contribution in [2.24, 2.45) is 10.9 Å². The SMILES string of the molecule is CCNC(=NCC(C)CN1CCOCC1)Nc1cccc(OCCCOC)c1.I. The largest absolute Gasteiger partial charge is 0.493 e. The molecular formula is C21H37IN4O3. The Hall–Kier alpha value is -1.10. The van der Waals surface area contributed by atoms with E-state index in [-0.39, 0.29) is 24.0 Å². The van der Waals surface area contributed by atoms with Gasteiger partial charge in [-0.25, -0.2) is 0 Å². The molecule has 1 aliphatic heterocycles. The number of hydrogen-bond acceptors (Lipinski definition) is 5. The third-order valence-electron chi connectivity index (χ3n) is 4.44. The van der Waals surface area contributed by atoms with Crippen LogP contribution in [0.4, 0.5) is 5.69 Å². The van der Waals surface area contributed by atoms with Crippen molar-refractivity contribution in [1.82, 2.24) is 10.2 Å². The van der Waals surface area contributed by atoms with Crippen molar-refractivity contribution in [1.29, 1.82) is 0 Å². The maximum Gasteiger partial charge on any atom is 0.195 e. The second kappa shape index (κ2) is 15.7. The van der Waals surface area contributed by atoms with Gasteiger partial charge in [-0.05, 0) is 25.0 Å². The molecule has 166 valence electrons. The van der Waals surface area contributed by atoms with Crippen LogP contribution in [-0.4, -0.2) is 77.1 Å². The Morgan fingerprint density at radius 1 is 1.28 bits per heavy atom. The molecule has 8 heteroatoms. The minimum atomic E-state index is 0. The Labute approximate surface area is 192 Å². The Morgan fingerprint density at radius 2 is 2.07 bits per heavy atom. The number of hydrogen-bond donors (Lipinski definition) is 2. The van der Waals surface area contributed by atoms with Crippen LogP contribution >= 0.6 is 24.0 Å². The normalized spacial score (nSPS) is 16.0. The molecule has 7 nitrogen and oxygen atoms in total. The number of anilines is 1. The number of nitrogens with one attached hydrogen (secondary N) is 2. The Kier molecular flexibility index (Phi) is 14.0. The van der Waals surface area contributed by atoms with Crippen LogP contribution in [0.25, 0.3) is 0 Å². The summed E-state index contributed by atoms with van der Waals surface area (Å²) in [6, 6.07) is 7.97. The fourth-order valence-corrected chi connectivity index (χ4v) is 3.03. The van der Waals surface area contributed by atoms with Crippen molar-refractivity contribution in [2.75, 3.05) is 71.6 Å². The predicted octanol–water partition coefficient (Wildman–Crippen LogP) is 3.07. The predicted molar refractivity (Wildman–Crippen MR) is 130 cm³/mol. The van der Waals surface area contributed by atoms with Gasteiger partial charge in [-0.2, -0.15) is 0 Å². The third-order valence-corrected chi connectivity index (χ3v) is 4.44. The van der Waals surface area contributed by atoms with Gasteiger partial charge in [0, 0.05) is 64.6 Å². The molecule has 0 aliphatic carbocycles. The van der Waals surface area contributed by atoms with E-state index in [1.54, 1.807) is 7.11 Å². The molecule has 0 aromatic heterocycles. The second-order valence-electron chi connectivity index (χ2n) is 7.09. The fraction of sp³-hybridized carbons (Fsp3) is 0.667. The lowest BCUT2D eigenvalue weighted by Crippen LogP contribution is -2.39. The van der Waals surface area contributed by atoms with Gasteiger partial charge in [-0.3, -0.25) is 9.89 Å². The molecule has 1 aliphatic rings. The number of aliphatic imine (C=N–C) groups is 1. The highest BCUT2D eigenvalue weighted by atomic mass is 127. The molecule has 1 atom stereocenters. The smallest absolute Gasteiger partial charge is 0.195 e. The number of nitrogens with zero attached hydrogens (tertiary/aromatic N) is 2. The van der Waals surface area contributed by atoms with Crippen LogP contribution in [0, 0.1) is 5.92 Å². The molecule has 2 N–H and O–H groups in total. The van der Waals surface area contributed by atoms with Crippen molar-refractivity contribution in [3.05, 3.63) is 24.3 Å². The van der Waals surface area contributed by atoms with Crippen molar-refractivity contribution in [2.45, 2.75) is 20.3 Å². The molecule has 29 heavy (non-hydrogen) atoms. The lowest BCUT2D eigenvalue weighted by atomic mass is 10.1. The van der Waals surface area contributed by atoms with Gasteiger partial charge in [0.1, 0.15) is 5.75 Å². The first-order valence-electron chi connectivity index (χ1n) is 10.3. The van der Waals surface area contributed by atoms with E-state index in [1.165, 1.54) is 0 Å². The van der Waals surface area contributed by atoms with E-state index in [2.05, 4.69) is 29.4 Å². The van der Waals surface area contributed by atoms with Gasteiger partial charge in [0.15, 0.2) is 5.96 Å². The molecular weight excluding hydrogens is 483 g/mol. The molecule has 0 spiro atoms. The van der Waals surface area contributed by atoms with Gasteiger partial charge in [0.25, 0.3) is 0 Å². The molecule has 0 amide bonds. The molecule has 1 unspecified atom stereocenters. The first-order valence-corrected chi connectivity index (χ1v) is 10.3. The topological polar surface area (TPSA) is 67.4 Å². The van der Waals surface area contributed by atoms with Gasteiger partial charge < -0.3 is 24.8 Å². The van der Waals surface area contributed by atoms with Crippen LogP contribution in [0.2, 0.25) is 0 Å². The van der Waals surface area contributed by atoms with E-state index in [9.17, 15) is 0 Å². The molecule has 0 radical (unpaired) electrons. The van der Waals surface area contributed by atoms with Crippen molar-refractivity contribution in [3.8, 4) is 5.75 Å². The van der Waals surface area contributed by atoms with Crippen LogP contribution in [0.3, 0.4) is 0 Å². The lowest BCUT2D eigenvalue weighted by Gasteiger charge is -2.28. The minimum Gasteiger partial charge on any atom is -0.493 e. The lowest BCUT2D eigenvalue weighted by molar-refractivity contribution is 0.0323. The number of benzene rings is 1. The number of morpholine rings is 1. The van der Waals surface area contributed by atoms with E-state index in [1.807, 2.05) is 24.3 Å². The Balaban J connectivity index is 0.00000420. The molecule has 1 fully saturated rings. The van der Waals surface area contributed by atoms with E-state index in [0.29, 0.717) is 19.1 Å². The summed E-state index contributed by atoms with van der Waals surface area (Å²) in [5.74, 6) is 2.13. The van der Waals surface area contributed by atoms with Gasteiger partial charge in [0.05, 0.1) is 19.8 Å². The van der Waals surface area contributed by atoms with Gasteiger partial charge in [0.2, 0.25) is 0 Å². The summed E-state index contributed by atoms with van der Waals surface area (Å²) in [5, 5.41) is 6.70. The molecule has 0 bridgehead atoms. The Bertz CT molecular complexity index is 583. The molecule has 2 rings (SSSR count). The Morgan fingerprint density at radius 3 is 2.79 bits per heavy atom. The number of halogens is 1. The summed E-state index contributed by atoms with van der Waals surface area (Å²) in [4.78, 5) is 7.22. The average Bonchev–Trinajstić information content (AvgIpc) is 2.71. The number of rotatable bonds is 11. The summed E-state index contributed by atoms with van der Waals surface area (Å²) in [6.07, 6.45) is 0.874. The quantitative estimate of drug-likeness (QED) is 0.203. The van der Waals surface area contributed by atoms with E-state index >= 15 is 0 Å². The maximum atomic E-state index is 5.78. The monoisotopic (exact) mass is 520 g/mol. The van der Waals surface area contributed by atoms with Crippen LogP contribution in [0.5, 0.6) is 5.75 Å². The average molecular weight is 520 g/mol. The highest BCUT2D eigenvalue weighted by molar-refractivity contribution is 14.0. The second-order valence-corrected chi connectivity index (χ2v) is 7.09. The van der Waals surface area contributed by atoms with E-state index < -0.39 is 0 Å². The number of guanidine groups is 1. The zero-order valence-electron chi connectivity index (χ0n) is 18.0. The molecule has 1 heterocycles. The van der Waals surface area contributed by atoms with Crippen LogP contribution < -0.4 is 15.4 Å². The summed E-state index contributed by atoms with van der Waals surface area (Å²) in [7, 11) is 1.70. The van der Waals surface area contributed by atoms with Gasteiger partial charge in [-0.15, -0.1) is 24.0 Å². The molecule has 0 saturated carbocycles. The fourth-order valence-electron chi connectivity index (χ4n) is 3.03. The standard InChI is InChI=1S/C21H36N4O3.HI/c1-4-22-21(23-16-18(2)17-25-9-13-27-14-10-25)24-19-7-5-8-20(15-19)28-12-6-11-26-3;/h5,7-8,15,18H,4,6,9-14,16-17H2,1-3H3,(H2,22,23,24);1H. The molecule has 1 saturated heterocycles. The third kappa shape index (κ3) is 11.0.